The molecule has 1 aromatic rings. The highest BCUT2D eigenvalue weighted by molar-refractivity contribution is 6.01. The average Bonchev–Trinajstić information content (AvgIpc) is 2.45. The van der Waals surface area contributed by atoms with Crippen molar-refractivity contribution in [3.05, 3.63) is 34.9 Å². The van der Waals surface area contributed by atoms with Crippen LogP contribution in [0.15, 0.2) is 18.2 Å². The van der Waals surface area contributed by atoms with Gasteiger partial charge in [-0.1, -0.05) is 17.7 Å². The largest absolute Gasteiger partial charge is 0.359 e. The van der Waals surface area contributed by atoms with Crippen LogP contribution >= 0.6 is 0 Å². The van der Waals surface area contributed by atoms with E-state index in [1.54, 1.807) is 7.05 Å². The van der Waals surface area contributed by atoms with E-state index in [2.05, 4.69) is 5.32 Å². The molecular formula is C16H24N2O2. The van der Waals surface area contributed by atoms with Crippen LogP contribution in [0.2, 0.25) is 0 Å². The van der Waals surface area contributed by atoms with Gasteiger partial charge >= 0.3 is 0 Å². The number of aryl methyl sites for hydroxylation is 2. The number of carbonyl (C=O) groups is 2. The molecule has 0 radical (unpaired) electrons. The summed E-state index contributed by atoms with van der Waals surface area (Å²) in [5.41, 5.74) is 2.84. The molecule has 0 aliphatic rings. The first-order chi connectivity index (χ1) is 9.36. The summed E-state index contributed by atoms with van der Waals surface area (Å²) in [5.74, 6) is 0.0915. The average molecular weight is 276 g/mol. The molecule has 0 aliphatic heterocycles. The van der Waals surface area contributed by atoms with E-state index in [0.29, 0.717) is 13.0 Å². The van der Waals surface area contributed by atoms with Crippen molar-refractivity contribution in [2.75, 3.05) is 20.6 Å². The Morgan fingerprint density at radius 1 is 1.30 bits per heavy atom. The van der Waals surface area contributed by atoms with Gasteiger partial charge in [0, 0.05) is 25.6 Å². The van der Waals surface area contributed by atoms with Crippen LogP contribution in [0.5, 0.6) is 0 Å². The summed E-state index contributed by atoms with van der Waals surface area (Å²) in [7, 11) is 3.49. The van der Waals surface area contributed by atoms with Crippen molar-refractivity contribution in [1.82, 2.24) is 10.2 Å². The van der Waals surface area contributed by atoms with E-state index < -0.39 is 0 Å². The first kappa shape index (κ1) is 16.4. The monoisotopic (exact) mass is 276 g/mol. The zero-order valence-electron chi connectivity index (χ0n) is 13.0. The van der Waals surface area contributed by atoms with Gasteiger partial charge in [0.15, 0.2) is 5.78 Å². The SMILES string of the molecule is CNC(=O)CCN(C)C(C)C(=O)c1cc(C)ccc1C. The number of rotatable bonds is 6. The van der Waals surface area contributed by atoms with Crippen LogP contribution in [-0.4, -0.2) is 43.3 Å². The van der Waals surface area contributed by atoms with Gasteiger partial charge in [-0.3, -0.25) is 14.5 Å². The summed E-state index contributed by atoms with van der Waals surface area (Å²) < 4.78 is 0. The normalized spacial score (nSPS) is 12.3. The number of hydrogen-bond donors (Lipinski definition) is 1. The molecule has 1 amide bonds. The van der Waals surface area contributed by atoms with E-state index >= 15 is 0 Å². The Hall–Kier alpha value is -1.68. The van der Waals surface area contributed by atoms with Crippen LogP contribution in [-0.2, 0) is 4.79 Å². The van der Waals surface area contributed by atoms with E-state index in [-0.39, 0.29) is 17.7 Å². The molecule has 1 aromatic carbocycles. The number of benzene rings is 1. The molecule has 0 heterocycles. The molecule has 4 nitrogen and oxygen atoms in total. The van der Waals surface area contributed by atoms with Crippen molar-refractivity contribution < 1.29 is 9.59 Å². The minimum atomic E-state index is -0.236. The van der Waals surface area contributed by atoms with Crippen molar-refractivity contribution >= 4 is 11.7 Å². The topological polar surface area (TPSA) is 49.4 Å². The van der Waals surface area contributed by atoms with Gasteiger partial charge in [0.05, 0.1) is 6.04 Å². The van der Waals surface area contributed by atoms with Gasteiger partial charge in [0.25, 0.3) is 0 Å². The lowest BCUT2D eigenvalue weighted by molar-refractivity contribution is -0.120. The smallest absolute Gasteiger partial charge is 0.221 e. The molecule has 20 heavy (non-hydrogen) atoms. The summed E-state index contributed by atoms with van der Waals surface area (Å²) in [5, 5.41) is 2.59. The van der Waals surface area contributed by atoms with Gasteiger partial charge in [-0.25, -0.2) is 0 Å². The molecule has 110 valence electrons. The lowest BCUT2D eigenvalue weighted by Crippen LogP contribution is -2.38. The molecule has 1 atom stereocenters. The Morgan fingerprint density at radius 3 is 2.55 bits per heavy atom. The highest BCUT2D eigenvalue weighted by atomic mass is 16.1. The Kier molecular flexibility index (Phi) is 5.89. The summed E-state index contributed by atoms with van der Waals surface area (Å²) in [6.07, 6.45) is 0.400. The first-order valence-corrected chi connectivity index (χ1v) is 6.89. The van der Waals surface area contributed by atoms with Crippen molar-refractivity contribution in [3.63, 3.8) is 0 Å². The molecule has 0 aliphatic carbocycles. The van der Waals surface area contributed by atoms with Crippen molar-refractivity contribution in [1.29, 1.82) is 0 Å². The summed E-state index contributed by atoms with van der Waals surface area (Å²) in [4.78, 5) is 25.7. The summed E-state index contributed by atoms with van der Waals surface area (Å²) in [6.45, 7) is 6.38. The Balaban J connectivity index is 2.75. The fraction of sp³-hybridized carbons (Fsp3) is 0.500. The molecule has 0 bridgehead atoms. The van der Waals surface area contributed by atoms with Gasteiger partial charge in [-0.05, 0) is 39.4 Å². The van der Waals surface area contributed by atoms with Crippen molar-refractivity contribution in [2.45, 2.75) is 33.2 Å². The maximum absolute atomic E-state index is 12.5. The summed E-state index contributed by atoms with van der Waals surface area (Å²) >= 11 is 0. The van der Waals surface area contributed by atoms with Crippen LogP contribution in [0.1, 0.15) is 34.8 Å². The number of nitrogens with one attached hydrogen (secondary N) is 1. The van der Waals surface area contributed by atoms with E-state index in [0.717, 1.165) is 16.7 Å². The molecule has 1 rings (SSSR count). The number of carbonyl (C=O) groups excluding carboxylic acids is 2. The zero-order chi connectivity index (χ0) is 15.3. The lowest BCUT2D eigenvalue weighted by Gasteiger charge is -2.24. The fourth-order valence-corrected chi connectivity index (χ4v) is 2.02. The van der Waals surface area contributed by atoms with E-state index in [1.165, 1.54) is 0 Å². The Morgan fingerprint density at radius 2 is 1.95 bits per heavy atom. The number of likely N-dealkylation sites (N-methyl/N-ethyl adjacent to an activating group) is 1. The van der Waals surface area contributed by atoms with E-state index in [9.17, 15) is 9.59 Å². The molecule has 0 saturated heterocycles. The predicted octanol–water partition coefficient (Wildman–Crippen LogP) is 1.94. The van der Waals surface area contributed by atoms with Crippen LogP contribution < -0.4 is 5.32 Å². The van der Waals surface area contributed by atoms with Gasteiger partial charge in [-0.2, -0.15) is 0 Å². The molecular weight excluding hydrogens is 252 g/mol. The van der Waals surface area contributed by atoms with Crippen LogP contribution in [0, 0.1) is 13.8 Å². The second-order valence-corrected chi connectivity index (χ2v) is 5.26. The Bertz CT molecular complexity index is 497. The number of nitrogens with zero attached hydrogens (tertiary/aromatic N) is 1. The quantitative estimate of drug-likeness (QED) is 0.808. The maximum atomic E-state index is 12.5. The highest BCUT2D eigenvalue weighted by Gasteiger charge is 2.21. The fourth-order valence-electron chi connectivity index (χ4n) is 2.02. The van der Waals surface area contributed by atoms with E-state index in [1.807, 2.05) is 50.9 Å². The number of Topliss-reactive ketones (excluding diaryl/α,β-unsaturated/α-hetero) is 1. The van der Waals surface area contributed by atoms with Gasteiger partial charge < -0.3 is 5.32 Å². The third-order valence-electron chi connectivity index (χ3n) is 3.67. The predicted molar refractivity (Wildman–Crippen MR) is 81.0 cm³/mol. The second-order valence-electron chi connectivity index (χ2n) is 5.26. The summed E-state index contributed by atoms with van der Waals surface area (Å²) in [6, 6.07) is 5.67. The highest BCUT2D eigenvalue weighted by Crippen LogP contribution is 2.15. The van der Waals surface area contributed by atoms with Crippen molar-refractivity contribution in [3.8, 4) is 0 Å². The van der Waals surface area contributed by atoms with Gasteiger partial charge in [-0.15, -0.1) is 0 Å². The zero-order valence-corrected chi connectivity index (χ0v) is 13.0. The lowest BCUT2D eigenvalue weighted by atomic mass is 9.97. The van der Waals surface area contributed by atoms with Crippen LogP contribution in [0.3, 0.4) is 0 Å². The minimum absolute atomic E-state index is 0.0109. The number of hydrogen-bond acceptors (Lipinski definition) is 3. The third-order valence-corrected chi connectivity index (χ3v) is 3.67. The standard InChI is InChI=1S/C16H24N2O2/c1-11-6-7-12(2)14(10-11)16(20)13(3)18(5)9-8-15(19)17-4/h6-7,10,13H,8-9H2,1-5H3,(H,17,19). The van der Waals surface area contributed by atoms with E-state index in [4.69, 9.17) is 0 Å². The second kappa shape index (κ2) is 7.20. The van der Waals surface area contributed by atoms with Crippen molar-refractivity contribution in [2.24, 2.45) is 0 Å². The maximum Gasteiger partial charge on any atom is 0.221 e. The van der Waals surface area contributed by atoms with Gasteiger partial charge in [0.2, 0.25) is 5.91 Å². The molecule has 1 unspecified atom stereocenters. The minimum Gasteiger partial charge on any atom is -0.359 e. The third kappa shape index (κ3) is 4.17. The van der Waals surface area contributed by atoms with Gasteiger partial charge in [0.1, 0.15) is 0 Å². The Labute approximate surface area is 121 Å². The molecule has 4 heteroatoms. The van der Waals surface area contributed by atoms with Crippen LogP contribution in [0.25, 0.3) is 0 Å². The molecule has 0 aromatic heterocycles. The molecule has 0 saturated carbocycles. The number of amides is 1. The first-order valence-electron chi connectivity index (χ1n) is 6.89. The molecule has 1 N–H and O–H groups in total. The van der Waals surface area contributed by atoms with Crippen LogP contribution in [0.4, 0.5) is 0 Å². The molecule has 0 fully saturated rings. The number of ketones is 1. The molecule has 0 spiro atoms.